The van der Waals surface area contributed by atoms with Crippen LogP contribution in [0.4, 0.5) is 10.5 Å². The molecular formula is C29H36N4O8. The third-order valence-corrected chi connectivity index (χ3v) is 6.32. The van der Waals surface area contributed by atoms with E-state index in [0.29, 0.717) is 16.8 Å². The number of methoxy groups -OCH3 is 1. The first-order chi connectivity index (χ1) is 19.3. The standard InChI is InChI=1S/C29H36N4O8/c1-16(24(35)32-23(27(38)40-5)15-20-19-8-6-7-9-21(19)31-25(20)36)30-26(37)22(33-28(39)41-29(2,3)4)14-17-10-12-18(34)13-11-17/h6-13,16,20,22-23,34H,14-15H2,1-5H3,(H,30,37)(H,31,36)(H,32,35)(H,33,39)/t16-,20?,22+,23+/m1/s1. The molecule has 0 aliphatic carbocycles. The molecule has 0 bridgehead atoms. The number of rotatable bonds is 10. The van der Waals surface area contributed by atoms with Gasteiger partial charge in [-0.25, -0.2) is 9.59 Å². The van der Waals surface area contributed by atoms with E-state index in [4.69, 9.17) is 9.47 Å². The Morgan fingerprint density at radius 1 is 0.951 bits per heavy atom. The van der Waals surface area contributed by atoms with Crippen molar-refractivity contribution in [3.05, 3.63) is 59.7 Å². The van der Waals surface area contributed by atoms with Gasteiger partial charge in [0.1, 0.15) is 29.5 Å². The second-order valence-electron chi connectivity index (χ2n) is 10.7. The smallest absolute Gasteiger partial charge is 0.408 e. The summed E-state index contributed by atoms with van der Waals surface area (Å²) in [7, 11) is 1.17. The van der Waals surface area contributed by atoms with Crippen LogP contribution >= 0.6 is 0 Å². The molecule has 0 fully saturated rings. The number of carbonyl (C=O) groups excluding carboxylic acids is 5. The van der Waals surface area contributed by atoms with E-state index in [0.717, 1.165) is 0 Å². The second-order valence-corrected chi connectivity index (χ2v) is 10.7. The molecule has 0 saturated carbocycles. The van der Waals surface area contributed by atoms with E-state index in [1.807, 2.05) is 0 Å². The third kappa shape index (κ3) is 8.69. The molecule has 5 N–H and O–H groups in total. The van der Waals surface area contributed by atoms with Crippen LogP contribution in [0.15, 0.2) is 48.5 Å². The van der Waals surface area contributed by atoms with Gasteiger partial charge in [-0.05, 0) is 63.4 Å². The minimum Gasteiger partial charge on any atom is -0.508 e. The zero-order valence-corrected chi connectivity index (χ0v) is 23.6. The van der Waals surface area contributed by atoms with Gasteiger partial charge in [-0.15, -0.1) is 0 Å². The summed E-state index contributed by atoms with van der Waals surface area (Å²) in [6.07, 6.45) is -0.832. The van der Waals surface area contributed by atoms with Gasteiger partial charge in [0, 0.05) is 12.1 Å². The normalized spacial score (nSPS) is 16.3. The van der Waals surface area contributed by atoms with E-state index in [1.165, 1.54) is 26.2 Å². The molecule has 12 nitrogen and oxygen atoms in total. The fourth-order valence-electron chi connectivity index (χ4n) is 4.30. The average Bonchev–Trinajstić information content (AvgIpc) is 3.22. The van der Waals surface area contributed by atoms with Crippen LogP contribution < -0.4 is 21.3 Å². The SMILES string of the molecule is COC(=O)[C@H](CC1C(=O)Nc2ccccc21)NC(=O)[C@@H](C)NC(=O)[C@H](Cc1ccc(O)cc1)NC(=O)OC(C)(C)C. The summed E-state index contributed by atoms with van der Waals surface area (Å²) in [6, 6.07) is 9.74. The summed E-state index contributed by atoms with van der Waals surface area (Å²) in [5, 5.41) is 20.0. The Balaban J connectivity index is 1.70. The van der Waals surface area contributed by atoms with Crippen molar-refractivity contribution in [1.29, 1.82) is 0 Å². The van der Waals surface area contributed by atoms with Crippen LogP contribution in [0.3, 0.4) is 0 Å². The number of phenols is 1. The van der Waals surface area contributed by atoms with Crippen molar-refractivity contribution in [2.75, 3.05) is 12.4 Å². The summed E-state index contributed by atoms with van der Waals surface area (Å²) < 4.78 is 10.1. The zero-order valence-electron chi connectivity index (χ0n) is 23.6. The molecule has 0 saturated heterocycles. The topological polar surface area (TPSA) is 172 Å². The number of para-hydroxylation sites is 1. The van der Waals surface area contributed by atoms with Gasteiger partial charge in [0.2, 0.25) is 17.7 Å². The van der Waals surface area contributed by atoms with E-state index >= 15 is 0 Å². The van der Waals surface area contributed by atoms with Gasteiger partial charge in [0.25, 0.3) is 0 Å². The molecule has 2 aromatic rings. The van der Waals surface area contributed by atoms with Crippen molar-refractivity contribution >= 4 is 35.5 Å². The highest BCUT2D eigenvalue weighted by Crippen LogP contribution is 2.35. The van der Waals surface area contributed by atoms with Crippen LogP contribution in [0.1, 0.15) is 51.2 Å². The first-order valence-electron chi connectivity index (χ1n) is 13.1. The quantitative estimate of drug-likeness (QED) is 0.271. The van der Waals surface area contributed by atoms with Crippen molar-refractivity contribution in [2.24, 2.45) is 0 Å². The third-order valence-electron chi connectivity index (χ3n) is 6.32. The molecule has 4 amide bonds. The van der Waals surface area contributed by atoms with Crippen LogP contribution in [0.5, 0.6) is 5.75 Å². The van der Waals surface area contributed by atoms with Gasteiger partial charge < -0.3 is 35.8 Å². The number of fused-ring (bicyclic) bond motifs is 1. The monoisotopic (exact) mass is 568 g/mol. The van der Waals surface area contributed by atoms with E-state index in [9.17, 15) is 29.1 Å². The van der Waals surface area contributed by atoms with Gasteiger partial charge in [-0.2, -0.15) is 0 Å². The molecule has 3 rings (SSSR count). The molecule has 41 heavy (non-hydrogen) atoms. The number of hydrogen-bond donors (Lipinski definition) is 5. The largest absolute Gasteiger partial charge is 0.508 e. The Kier molecular flexibility index (Phi) is 9.93. The molecule has 0 spiro atoms. The molecule has 1 heterocycles. The first kappa shape index (κ1) is 30.9. The van der Waals surface area contributed by atoms with Gasteiger partial charge in [0.05, 0.1) is 13.0 Å². The molecular weight excluding hydrogens is 532 g/mol. The molecule has 0 radical (unpaired) electrons. The van der Waals surface area contributed by atoms with Crippen LogP contribution in [0.25, 0.3) is 0 Å². The average molecular weight is 569 g/mol. The Labute approximate surface area is 238 Å². The summed E-state index contributed by atoms with van der Waals surface area (Å²) in [5.41, 5.74) is 1.16. The van der Waals surface area contributed by atoms with Gasteiger partial charge in [0.15, 0.2) is 0 Å². The number of benzene rings is 2. The number of ether oxygens (including phenoxy) is 2. The lowest BCUT2D eigenvalue weighted by molar-refractivity contribution is -0.145. The maximum absolute atomic E-state index is 13.2. The number of alkyl carbamates (subject to hydrolysis) is 1. The minimum absolute atomic E-state index is 0.0406. The number of nitrogens with one attached hydrogen (secondary N) is 4. The van der Waals surface area contributed by atoms with Crippen LogP contribution in [0, 0.1) is 0 Å². The maximum Gasteiger partial charge on any atom is 0.408 e. The minimum atomic E-state index is -1.17. The maximum atomic E-state index is 13.2. The molecule has 1 unspecified atom stereocenters. The number of amides is 4. The van der Waals surface area contributed by atoms with E-state index in [2.05, 4.69) is 21.3 Å². The summed E-state index contributed by atoms with van der Waals surface area (Å²) in [6.45, 7) is 6.46. The highest BCUT2D eigenvalue weighted by molar-refractivity contribution is 6.03. The van der Waals surface area contributed by atoms with Crippen molar-refractivity contribution in [3.63, 3.8) is 0 Å². The van der Waals surface area contributed by atoms with Crippen LogP contribution in [0.2, 0.25) is 0 Å². The van der Waals surface area contributed by atoms with Crippen LogP contribution in [-0.4, -0.2) is 65.7 Å². The lowest BCUT2D eigenvalue weighted by Gasteiger charge is -2.25. The Morgan fingerprint density at radius 2 is 1.61 bits per heavy atom. The van der Waals surface area contributed by atoms with E-state index in [1.54, 1.807) is 57.2 Å². The highest BCUT2D eigenvalue weighted by Gasteiger charge is 2.36. The zero-order chi connectivity index (χ0) is 30.3. The van der Waals surface area contributed by atoms with Crippen molar-refractivity contribution in [3.8, 4) is 5.75 Å². The number of esters is 1. The summed E-state index contributed by atoms with van der Waals surface area (Å²) in [4.78, 5) is 63.8. The fourth-order valence-corrected chi connectivity index (χ4v) is 4.30. The van der Waals surface area contributed by atoms with Crippen LogP contribution in [-0.2, 0) is 35.1 Å². The lowest BCUT2D eigenvalue weighted by Crippen LogP contribution is -2.55. The Hall–Kier alpha value is -4.61. The molecule has 1 aliphatic heterocycles. The summed E-state index contributed by atoms with van der Waals surface area (Å²) in [5.74, 6) is -3.06. The van der Waals surface area contributed by atoms with Gasteiger partial charge >= 0.3 is 12.1 Å². The highest BCUT2D eigenvalue weighted by atomic mass is 16.6. The molecule has 0 aromatic heterocycles. The summed E-state index contributed by atoms with van der Waals surface area (Å²) >= 11 is 0. The Bertz CT molecular complexity index is 1290. The number of anilines is 1. The number of phenolic OH excluding ortho intramolecular Hbond substituents is 1. The molecule has 1 aliphatic rings. The predicted octanol–water partition coefficient (Wildman–Crippen LogP) is 2.12. The number of aromatic hydroxyl groups is 1. The van der Waals surface area contributed by atoms with E-state index in [-0.39, 0.29) is 24.5 Å². The fraction of sp³-hybridized carbons (Fsp3) is 0.414. The van der Waals surface area contributed by atoms with Crippen molar-refractivity contribution in [1.82, 2.24) is 16.0 Å². The molecule has 2 aromatic carbocycles. The van der Waals surface area contributed by atoms with Crippen molar-refractivity contribution in [2.45, 2.75) is 70.2 Å². The Morgan fingerprint density at radius 3 is 2.24 bits per heavy atom. The number of hydrogen-bond acceptors (Lipinski definition) is 8. The van der Waals surface area contributed by atoms with E-state index < -0.39 is 53.5 Å². The number of carbonyl (C=O) groups is 5. The van der Waals surface area contributed by atoms with Gasteiger partial charge in [-0.1, -0.05) is 30.3 Å². The second kappa shape index (κ2) is 13.2. The molecule has 12 heteroatoms. The molecule has 220 valence electrons. The van der Waals surface area contributed by atoms with Crippen molar-refractivity contribution < 1.29 is 38.6 Å². The first-order valence-corrected chi connectivity index (χ1v) is 13.1. The molecule has 4 atom stereocenters. The predicted molar refractivity (Wildman–Crippen MR) is 149 cm³/mol. The lowest BCUT2D eigenvalue weighted by atomic mass is 9.93. The van der Waals surface area contributed by atoms with Gasteiger partial charge in [-0.3, -0.25) is 14.4 Å².